The Morgan fingerprint density at radius 2 is 1.87 bits per heavy atom. The molecular weight excluding hydrogens is 400 g/mol. The first-order valence-electron chi connectivity index (χ1n) is 9.81. The predicted molar refractivity (Wildman–Crippen MR) is 118 cm³/mol. The molecule has 0 bridgehead atoms. The molecule has 1 aromatic heterocycles. The van der Waals surface area contributed by atoms with Gasteiger partial charge in [0, 0.05) is 49.9 Å². The fraction of sp³-hybridized carbons (Fsp3) is 0.318. The molecule has 7 nitrogen and oxygen atoms in total. The molecular formula is C22H26N4O3S. The number of ether oxygens (including phenoxy) is 1. The first-order valence-corrected chi connectivity index (χ1v) is 11.7. The molecule has 30 heavy (non-hydrogen) atoms. The molecule has 4 rings (SSSR count). The Kier molecular flexibility index (Phi) is 5.53. The molecule has 0 amide bonds. The number of hydrogen-bond donors (Lipinski definition) is 1. The summed E-state index contributed by atoms with van der Waals surface area (Å²) in [4.78, 5) is 7.28. The van der Waals surface area contributed by atoms with Crippen molar-refractivity contribution < 1.29 is 13.2 Å². The quantitative estimate of drug-likeness (QED) is 0.656. The zero-order chi connectivity index (χ0) is 21.3. The van der Waals surface area contributed by atoms with Gasteiger partial charge in [-0.25, -0.2) is 13.4 Å². The molecule has 0 fully saturated rings. The number of rotatable bonds is 6. The molecule has 3 aromatic rings. The Morgan fingerprint density at radius 3 is 2.57 bits per heavy atom. The SMILES string of the molecule is COc1ccccc1CN1CCc2nc(-c3ccc(NS(C)(=O)=O)cc3)n(C)c2C1. The third-order valence-electron chi connectivity index (χ3n) is 5.37. The smallest absolute Gasteiger partial charge is 0.229 e. The van der Waals surface area contributed by atoms with Crippen LogP contribution < -0.4 is 9.46 Å². The summed E-state index contributed by atoms with van der Waals surface area (Å²) in [6.07, 6.45) is 2.04. The average molecular weight is 427 g/mol. The van der Waals surface area contributed by atoms with Gasteiger partial charge in [-0.05, 0) is 30.3 Å². The molecule has 158 valence electrons. The number of para-hydroxylation sites is 1. The van der Waals surface area contributed by atoms with E-state index in [1.807, 2.05) is 37.4 Å². The Labute approximate surface area is 177 Å². The van der Waals surface area contributed by atoms with Gasteiger partial charge in [-0.15, -0.1) is 0 Å². The van der Waals surface area contributed by atoms with E-state index in [2.05, 4.69) is 20.3 Å². The van der Waals surface area contributed by atoms with Gasteiger partial charge >= 0.3 is 0 Å². The monoisotopic (exact) mass is 426 g/mol. The third kappa shape index (κ3) is 4.34. The molecule has 1 aliphatic rings. The van der Waals surface area contributed by atoms with Crippen LogP contribution in [0.25, 0.3) is 11.4 Å². The number of anilines is 1. The summed E-state index contributed by atoms with van der Waals surface area (Å²) in [6, 6.07) is 15.4. The van der Waals surface area contributed by atoms with E-state index in [9.17, 15) is 8.42 Å². The minimum atomic E-state index is -3.29. The highest BCUT2D eigenvalue weighted by Gasteiger charge is 2.24. The maximum atomic E-state index is 11.4. The lowest BCUT2D eigenvalue weighted by molar-refractivity contribution is 0.235. The van der Waals surface area contributed by atoms with Crippen LogP contribution in [-0.4, -0.2) is 42.8 Å². The van der Waals surface area contributed by atoms with E-state index in [0.29, 0.717) is 5.69 Å². The molecule has 0 aliphatic carbocycles. The van der Waals surface area contributed by atoms with E-state index >= 15 is 0 Å². The lowest BCUT2D eigenvalue weighted by Crippen LogP contribution is -2.31. The topological polar surface area (TPSA) is 76.5 Å². The van der Waals surface area contributed by atoms with Gasteiger partial charge in [0.25, 0.3) is 0 Å². The lowest BCUT2D eigenvalue weighted by Gasteiger charge is -2.27. The van der Waals surface area contributed by atoms with Gasteiger partial charge in [0.2, 0.25) is 10.0 Å². The number of methoxy groups -OCH3 is 1. The summed E-state index contributed by atoms with van der Waals surface area (Å²) in [6.45, 7) is 2.60. The van der Waals surface area contributed by atoms with Crippen LogP contribution in [0.15, 0.2) is 48.5 Å². The number of hydrogen-bond acceptors (Lipinski definition) is 5. The van der Waals surface area contributed by atoms with Crippen LogP contribution in [0.1, 0.15) is 17.0 Å². The van der Waals surface area contributed by atoms with Gasteiger partial charge in [0.05, 0.1) is 24.8 Å². The Bertz CT molecular complexity index is 1150. The fourth-order valence-corrected chi connectivity index (χ4v) is 4.47. The molecule has 1 aliphatic heterocycles. The van der Waals surface area contributed by atoms with E-state index in [4.69, 9.17) is 9.72 Å². The summed E-state index contributed by atoms with van der Waals surface area (Å²) >= 11 is 0. The molecule has 2 heterocycles. The number of nitrogens with one attached hydrogen (secondary N) is 1. The van der Waals surface area contributed by atoms with E-state index in [1.165, 1.54) is 11.3 Å². The summed E-state index contributed by atoms with van der Waals surface area (Å²) in [5, 5.41) is 0. The lowest BCUT2D eigenvalue weighted by atomic mass is 10.1. The van der Waals surface area contributed by atoms with Crippen LogP contribution >= 0.6 is 0 Å². The summed E-state index contributed by atoms with van der Waals surface area (Å²) in [5.74, 6) is 1.81. The highest BCUT2D eigenvalue weighted by atomic mass is 32.2. The van der Waals surface area contributed by atoms with Gasteiger partial charge in [0.1, 0.15) is 11.6 Å². The number of aromatic nitrogens is 2. The number of nitrogens with zero attached hydrogens (tertiary/aromatic N) is 3. The van der Waals surface area contributed by atoms with Gasteiger partial charge in [-0.2, -0.15) is 0 Å². The van der Waals surface area contributed by atoms with E-state index in [-0.39, 0.29) is 0 Å². The molecule has 0 spiro atoms. The Morgan fingerprint density at radius 1 is 1.13 bits per heavy atom. The van der Waals surface area contributed by atoms with Gasteiger partial charge in [0.15, 0.2) is 0 Å². The minimum absolute atomic E-state index is 0.545. The van der Waals surface area contributed by atoms with E-state index < -0.39 is 10.0 Å². The van der Waals surface area contributed by atoms with Crippen LogP contribution in [0.4, 0.5) is 5.69 Å². The third-order valence-corrected chi connectivity index (χ3v) is 5.97. The van der Waals surface area contributed by atoms with Crippen molar-refractivity contribution in [2.45, 2.75) is 19.5 Å². The molecule has 0 unspecified atom stereocenters. The van der Waals surface area contributed by atoms with Crippen LogP contribution in [0.3, 0.4) is 0 Å². The maximum Gasteiger partial charge on any atom is 0.229 e. The second-order valence-electron chi connectivity index (χ2n) is 7.61. The second kappa shape index (κ2) is 8.12. The second-order valence-corrected chi connectivity index (χ2v) is 9.36. The zero-order valence-electron chi connectivity index (χ0n) is 17.4. The van der Waals surface area contributed by atoms with Crippen molar-refractivity contribution >= 4 is 15.7 Å². The van der Waals surface area contributed by atoms with Crippen LogP contribution in [0, 0.1) is 0 Å². The summed E-state index contributed by atoms with van der Waals surface area (Å²) in [5.41, 5.74) is 5.02. The first kappa shape index (κ1) is 20.4. The molecule has 0 atom stereocenters. The largest absolute Gasteiger partial charge is 0.496 e. The standard InChI is InChI=1S/C22H26N4O3S/c1-25-20-15-26(14-17-6-4-5-7-21(17)29-2)13-12-19(20)23-22(25)16-8-10-18(11-9-16)24-30(3,27)28/h4-11,24H,12-15H2,1-3H3. The molecule has 8 heteroatoms. The van der Waals surface area contributed by atoms with Crippen molar-refractivity contribution in [3.05, 3.63) is 65.5 Å². The van der Waals surface area contributed by atoms with Crippen LogP contribution in [0.5, 0.6) is 5.75 Å². The van der Waals surface area contributed by atoms with Gasteiger partial charge in [-0.3, -0.25) is 9.62 Å². The van der Waals surface area contributed by atoms with Gasteiger partial charge < -0.3 is 9.30 Å². The molecule has 0 saturated carbocycles. The molecule has 0 saturated heterocycles. The number of benzene rings is 2. The molecule has 1 N–H and O–H groups in total. The van der Waals surface area contributed by atoms with Crippen molar-refractivity contribution in [3.8, 4) is 17.1 Å². The normalized spacial score (nSPS) is 14.4. The number of imidazole rings is 1. The maximum absolute atomic E-state index is 11.4. The van der Waals surface area contributed by atoms with Crippen molar-refractivity contribution in [3.63, 3.8) is 0 Å². The first-order chi connectivity index (χ1) is 14.3. The number of fused-ring (bicyclic) bond motifs is 1. The fourth-order valence-electron chi connectivity index (χ4n) is 3.91. The average Bonchev–Trinajstić information content (AvgIpc) is 3.04. The number of sulfonamides is 1. The van der Waals surface area contributed by atoms with E-state index in [0.717, 1.165) is 55.1 Å². The Hall–Kier alpha value is -2.84. The van der Waals surface area contributed by atoms with Crippen LogP contribution in [0.2, 0.25) is 0 Å². The van der Waals surface area contributed by atoms with E-state index in [1.54, 1.807) is 19.2 Å². The minimum Gasteiger partial charge on any atom is -0.496 e. The predicted octanol–water partition coefficient (Wildman–Crippen LogP) is 3.03. The van der Waals surface area contributed by atoms with Gasteiger partial charge in [-0.1, -0.05) is 18.2 Å². The van der Waals surface area contributed by atoms with Crippen molar-refractivity contribution in [2.75, 3.05) is 24.6 Å². The summed E-state index contributed by atoms with van der Waals surface area (Å²) in [7, 11) is 0.456. The van der Waals surface area contributed by atoms with Crippen molar-refractivity contribution in [1.29, 1.82) is 0 Å². The molecule has 2 aromatic carbocycles. The van der Waals surface area contributed by atoms with Crippen LogP contribution in [-0.2, 0) is 36.6 Å². The highest BCUT2D eigenvalue weighted by molar-refractivity contribution is 7.92. The summed E-state index contributed by atoms with van der Waals surface area (Å²) < 4.78 is 32.9. The molecule has 0 radical (unpaired) electrons. The Balaban J connectivity index is 1.54. The highest BCUT2D eigenvalue weighted by Crippen LogP contribution is 2.28. The zero-order valence-corrected chi connectivity index (χ0v) is 18.2. The van der Waals surface area contributed by atoms with Crippen molar-refractivity contribution in [2.24, 2.45) is 7.05 Å². The van der Waals surface area contributed by atoms with Crippen molar-refractivity contribution in [1.82, 2.24) is 14.5 Å².